The lowest BCUT2D eigenvalue weighted by Crippen LogP contribution is -2.07. The van der Waals surface area contributed by atoms with Gasteiger partial charge < -0.3 is 4.98 Å². The highest BCUT2D eigenvalue weighted by atomic mass is 35.5. The third kappa shape index (κ3) is 2.72. The molecule has 4 aromatic heterocycles. The van der Waals surface area contributed by atoms with Crippen LogP contribution in [0, 0.1) is 18.3 Å². The lowest BCUT2D eigenvalue weighted by Gasteiger charge is -2.11. The number of aryl methyl sites for hydroxylation is 1. The molecule has 0 saturated heterocycles. The molecular weight excluding hydrogens is 352 g/mol. The van der Waals surface area contributed by atoms with Gasteiger partial charge >= 0.3 is 0 Å². The summed E-state index contributed by atoms with van der Waals surface area (Å²) in [5.74, 6) is 0.475. The van der Waals surface area contributed by atoms with E-state index >= 15 is 0 Å². The normalized spacial score (nSPS) is 10.8. The Balaban J connectivity index is 2.08. The molecule has 4 rings (SSSR count). The number of nitrogens with one attached hydrogen (secondary N) is 1. The van der Waals surface area contributed by atoms with Gasteiger partial charge in [0.1, 0.15) is 16.9 Å². The summed E-state index contributed by atoms with van der Waals surface area (Å²) in [7, 11) is 0. The summed E-state index contributed by atoms with van der Waals surface area (Å²) in [4.78, 5) is 23.9. The van der Waals surface area contributed by atoms with Gasteiger partial charge in [-0.15, -0.1) is 0 Å². The Morgan fingerprint density at radius 3 is 2.85 bits per heavy atom. The van der Waals surface area contributed by atoms with Gasteiger partial charge in [-0.25, -0.2) is 14.6 Å². The molecule has 4 aromatic rings. The van der Waals surface area contributed by atoms with Crippen LogP contribution in [0.15, 0.2) is 47.7 Å². The van der Waals surface area contributed by atoms with Crippen LogP contribution in [0.1, 0.15) is 11.3 Å². The van der Waals surface area contributed by atoms with E-state index in [1.54, 1.807) is 24.5 Å². The van der Waals surface area contributed by atoms with Crippen molar-refractivity contribution in [1.82, 2.24) is 24.7 Å². The molecule has 0 saturated carbocycles. The number of pyridine rings is 3. The lowest BCUT2D eigenvalue weighted by atomic mass is 10.1. The molecular formula is C18H11ClN6O. The van der Waals surface area contributed by atoms with E-state index in [0.717, 1.165) is 11.3 Å². The van der Waals surface area contributed by atoms with E-state index in [0.29, 0.717) is 33.1 Å². The number of aromatic amines is 1. The second kappa shape index (κ2) is 6.10. The molecule has 0 atom stereocenters. The molecule has 0 bridgehead atoms. The Labute approximate surface area is 152 Å². The van der Waals surface area contributed by atoms with Crippen molar-refractivity contribution in [2.45, 2.75) is 6.92 Å². The molecule has 0 aromatic carbocycles. The summed E-state index contributed by atoms with van der Waals surface area (Å²) in [6.07, 6.45) is 4.57. The summed E-state index contributed by atoms with van der Waals surface area (Å²) < 4.78 is 1.50. The van der Waals surface area contributed by atoms with Gasteiger partial charge in [0.2, 0.25) is 0 Å². The van der Waals surface area contributed by atoms with Gasteiger partial charge in [-0.2, -0.15) is 10.4 Å². The van der Waals surface area contributed by atoms with Crippen LogP contribution >= 0.6 is 11.6 Å². The van der Waals surface area contributed by atoms with E-state index in [9.17, 15) is 4.79 Å². The average Bonchev–Trinajstić information content (AvgIpc) is 3.09. The number of hydrogen-bond donors (Lipinski definition) is 1. The largest absolute Gasteiger partial charge is 0.346 e. The molecule has 0 fully saturated rings. The summed E-state index contributed by atoms with van der Waals surface area (Å²) in [5, 5.41) is 14.1. The Bertz CT molecular complexity index is 1230. The maximum atomic E-state index is 12.2. The zero-order valence-electron chi connectivity index (χ0n) is 13.6. The maximum absolute atomic E-state index is 12.2. The van der Waals surface area contributed by atoms with Crippen LogP contribution in [0.2, 0.25) is 5.15 Å². The molecule has 0 aliphatic rings. The minimum atomic E-state index is -0.144. The number of rotatable bonds is 2. The minimum absolute atomic E-state index is 0.144. The summed E-state index contributed by atoms with van der Waals surface area (Å²) in [6, 6.07) is 8.78. The number of fused-ring (bicyclic) bond motifs is 1. The first-order valence-electron chi connectivity index (χ1n) is 7.67. The van der Waals surface area contributed by atoms with E-state index in [4.69, 9.17) is 16.9 Å². The van der Waals surface area contributed by atoms with Crippen LogP contribution in [-0.2, 0) is 0 Å². The first-order valence-corrected chi connectivity index (χ1v) is 8.05. The van der Waals surface area contributed by atoms with Crippen molar-refractivity contribution in [3.63, 3.8) is 0 Å². The Morgan fingerprint density at radius 2 is 2.12 bits per heavy atom. The van der Waals surface area contributed by atoms with Gasteiger partial charge in [0, 0.05) is 23.5 Å². The number of nitriles is 1. The fraction of sp³-hybridized carbons (Fsp3) is 0.0556. The van der Waals surface area contributed by atoms with Crippen molar-refractivity contribution in [3.05, 3.63) is 69.5 Å². The number of nitrogens with zero attached hydrogens (tertiary/aromatic N) is 5. The second-order valence-corrected chi connectivity index (χ2v) is 6.09. The molecule has 4 heterocycles. The Kier molecular flexibility index (Phi) is 3.75. The first-order chi connectivity index (χ1) is 12.5. The summed E-state index contributed by atoms with van der Waals surface area (Å²) >= 11 is 6.11. The zero-order valence-corrected chi connectivity index (χ0v) is 14.3. The van der Waals surface area contributed by atoms with E-state index in [2.05, 4.69) is 20.1 Å². The van der Waals surface area contributed by atoms with Crippen molar-refractivity contribution >= 4 is 22.6 Å². The number of H-pyrrole nitrogens is 1. The third-order valence-electron chi connectivity index (χ3n) is 3.88. The van der Waals surface area contributed by atoms with Crippen LogP contribution in [0.5, 0.6) is 0 Å². The van der Waals surface area contributed by atoms with Gasteiger partial charge in [0.15, 0.2) is 11.2 Å². The number of aromatic nitrogens is 5. The van der Waals surface area contributed by atoms with E-state index in [1.165, 1.54) is 16.9 Å². The van der Waals surface area contributed by atoms with Crippen molar-refractivity contribution in [2.24, 2.45) is 0 Å². The highest BCUT2D eigenvalue weighted by Gasteiger charge is 2.15. The molecule has 0 aliphatic carbocycles. The minimum Gasteiger partial charge on any atom is -0.346 e. The van der Waals surface area contributed by atoms with Gasteiger partial charge in [-0.3, -0.25) is 4.79 Å². The third-order valence-corrected chi connectivity index (χ3v) is 4.08. The maximum Gasteiger partial charge on any atom is 0.191 e. The molecule has 0 spiro atoms. The molecule has 0 aliphatic heterocycles. The summed E-state index contributed by atoms with van der Waals surface area (Å²) in [5.41, 5.74) is 2.84. The molecule has 8 heteroatoms. The SMILES string of the molecule is Cc1cc(-c2cc3c(=O)cc[nH]c3nc2-n2cc(C#N)cn2)cc(Cl)n1. The van der Waals surface area contributed by atoms with Crippen LogP contribution < -0.4 is 5.43 Å². The molecule has 0 unspecified atom stereocenters. The molecule has 126 valence electrons. The molecule has 0 amide bonds. The van der Waals surface area contributed by atoms with E-state index < -0.39 is 0 Å². The monoisotopic (exact) mass is 362 g/mol. The van der Waals surface area contributed by atoms with Crippen molar-refractivity contribution in [3.8, 4) is 23.0 Å². The molecule has 7 nitrogen and oxygen atoms in total. The topological polar surface area (TPSA) is 100 Å². The average molecular weight is 363 g/mol. The van der Waals surface area contributed by atoms with Crippen LogP contribution in [0.4, 0.5) is 0 Å². The quantitative estimate of drug-likeness (QED) is 0.552. The Hall–Kier alpha value is -3.50. The van der Waals surface area contributed by atoms with E-state index in [1.807, 2.05) is 19.1 Å². The van der Waals surface area contributed by atoms with Gasteiger partial charge in [0.25, 0.3) is 0 Å². The fourth-order valence-electron chi connectivity index (χ4n) is 2.75. The molecule has 26 heavy (non-hydrogen) atoms. The first kappa shape index (κ1) is 16.0. The highest BCUT2D eigenvalue weighted by Crippen LogP contribution is 2.29. The van der Waals surface area contributed by atoms with Crippen molar-refractivity contribution in [2.75, 3.05) is 0 Å². The highest BCUT2D eigenvalue weighted by molar-refractivity contribution is 6.29. The molecule has 1 N–H and O–H groups in total. The predicted molar refractivity (Wildman–Crippen MR) is 97.2 cm³/mol. The number of hydrogen-bond acceptors (Lipinski definition) is 5. The van der Waals surface area contributed by atoms with Crippen LogP contribution in [0.3, 0.4) is 0 Å². The van der Waals surface area contributed by atoms with Crippen LogP contribution in [-0.4, -0.2) is 24.7 Å². The molecule has 0 radical (unpaired) electrons. The van der Waals surface area contributed by atoms with Gasteiger partial charge in [-0.05, 0) is 30.7 Å². The van der Waals surface area contributed by atoms with E-state index in [-0.39, 0.29) is 5.43 Å². The van der Waals surface area contributed by atoms with Crippen molar-refractivity contribution in [1.29, 1.82) is 5.26 Å². The Morgan fingerprint density at radius 1 is 1.27 bits per heavy atom. The zero-order chi connectivity index (χ0) is 18.3. The van der Waals surface area contributed by atoms with Gasteiger partial charge in [-0.1, -0.05) is 11.6 Å². The number of halogens is 1. The van der Waals surface area contributed by atoms with Crippen LogP contribution in [0.25, 0.3) is 28.0 Å². The predicted octanol–water partition coefficient (Wildman–Crippen LogP) is 3.00. The van der Waals surface area contributed by atoms with Gasteiger partial charge in [0.05, 0.1) is 23.3 Å². The summed E-state index contributed by atoms with van der Waals surface area (Å²) in [6.45, 7) is 1.83. The second-order valence-electron chi connectivity index (χ2n) is 5.70. The smallest absolute Gasteiger partial charge is 0.191 e. The fourth-order valence-corrected chi connectivity index (χ4v) is 3.01. The lowest BCUT2D eigenvalue weighted by molar-refractivity contribution is 0.852. The standard InChI is InChI=1S/C18H11ClN6O/c1-10-4-12(5-16(19)23-10)13-6-14-15(26)2-3-21-17(14)24-18(13)25-9-11(7-20)8-22-25/h2-6,8-9H,1H3,(H,21,24,26). The van der Waals surface area contributed by atoms with Crippen molar-refractivity contribution < 1.29 is 0 Å².